The molecule has 4 atom stereocenters. The minimum Gasteiger partial charge on any atom is -0.387 e. The van der Waals surface area contributed by atoms with Crippen molar-refractivity contribution in [1.29, 1.82) is 0 Å². The van der Waals surface area contributed by atoms with E-state index >= 15 is 0 Å². The van der Waals surface area contributed by atoms with E-state index in [2.05, 4.69) is 35.9 Å². The Morgan fingerprint density at radius 3 is 2.73 bits per heavy atom. The molecule has 1 aliphatic heterocycles. The molecule has 3 aromatic heterocycles. The monoisotopic (exact) mass is 415 g/mol. The lowest BCUT2D eigenvalue weighted by atomic mass is 10.1. The van der Waals surface area contributed by atoms with Crippen LogP contribution in [-0.4, -0.2) is 83.0 Å². The number of nitrogens with zero attached hydrogens (tertiary/aromatic N) is 7. The molecule has 0 bridgehead atoms. The fraction of sp³-hybridized carbons (Fsp3) is 0.529. The molecule has 1 aliphatic carbocycles. The summed E-state index contributed by atoms with van der Waals surface area (Å²) in [6, 6.07) is 0. The van der Waals surface area contributed by atoms with Gasteiger partial charge in [-0.1, -0.05) is 5.21 Å². The van der Waals surface area contributed by atoms with Crippen LogP contribution in [0.2, 0.25) is 0 Å². The first-order valence-corrected chi connectivity index (χ1v) is 9.60. The molecule has 5 rings (SSSR count). The molecule has 4 N–H and O–H groups in total. The standard InChI is InChI=1S/C17H21N9O4/c1-18-13-9-14(22-17(21-13)26-5-8(23-24-26)7-3-4-7)25(6-20-9)16-11(28)10(27)12(30-16)15(29)19-2/h5-7,10-12,16,27-28H,3-4H2,1-2H3,(H,19,29)(H,18,21,22)/t10-,11+,12-,16?/m0/s1. The fourth-order valence-electron chi connectivity index (χ4n) is 3.56. The maximum absolute atomic E-state index is 12.0. The predicted molar refractivity (Wildman–Crippen MR) is 102 cm³/mol. The number of hydrogen-bond acceptors (Lipinski definition) is 10. The summed E-state index contributed by atoms with van der Waals surface area (Å²) in [6.45, 7) is 0. The van der Waals surface area contributed by atoms with Crippen LogP contribution in [0, 0.1) is 0 Å². The average Bonchev–Trinajstić information content (AvgIpc) is 3.21. The molecule has 13 nitrogen and oxygen atoms in total. The third kappa shape index (κ3) is 2.89. The van der Waals surface area contributed by atoms with Crippen molar-refractivity contribution < 1.29 is 19.7 Å². The maximum Gasteiger partial charge on any atom is 0.256 e. The summed E-state index contributed by atoms with van der Waals surface area (Å²) in [4.78, 5) is 25.3. The lowest BCUT2D eigenvalue weighted by molar-refractivity contribution is -0.137. The van der Waals surface area contributed by atoms with Gasteiger partial charge in [0.15, 0.2) is 29.3 Å². The Morgan fingerprint density at radius 2 is 2.03 bits per heavy atom. The number of ether oxygens (including phenoxy) is 1. The molecule has 30 heavy (non-hydrogen) atoms. The molecule has 0 aromatic carbocycles. The summed E-state index contributed by atoms with van der Waals surface area (Å²) in [5.74, 6) is 0.619. The highest BCUT2D eigenvalue weighted by Crippen LogP contribution is 2.39. The number of imidazole rings is 1. The molecule has 2 fully saturated rings. The highest BCUT2D eigenvalue weighted by molar-refractivity contribution is 5.84. The van der Waals surface area contributed by atoms with E-state index in [9.17, 15) is 15.0 Å². The first kappa shape index (κ1) is 18.8. The van der Waals surface area contributed by atoms with Crippen LogP contribution in [-0.2, 0) is 9.53 Å². The van der Waals surface area contributed by atoms with Crippen molar-refractivity contribution in [2.24, 2.45) is 0 Å². The Balaban J connectivity index is 1.57. The molecule has 3 aromatic rings. The van der Waals surface area contributed by atoms with E-state index in [1.807, 2.05) is 0 Å². The highest BCUT2D eigenvalue weighted by Gasteiger charge is 2.47. The molecular formula is C17H21N9O4. The zero-order valence-electron chi connectivity index (χ0n) is 16.3. The van der Waals surface area contributed by atoms with Crippen LogP contribution in [0.25, 0.3) is 17.1 Å². The maximum atomic E-state index is 12.0. The zero-order valence-corrected chi connectivity index (χ0v) is 16.3. The number of amides is 1. The molecule has 13 heteroatoms. The number of fused-ring (bicyclic) bond motifs is 1. The Kier molecular flexibility index (Phi) is 4.38. The van der Waals surface area contributed by atoms with Gasteiger partial charge in [0.25, 0.3) is 11.9 Å². The predicted octanol–water partition coefficient (Wildman–Crippen LogP) is -1.31. The zero-order chi connectivity index (χ0) is 21.0. The van der Waals surface area contributed by atoms with Crippen LogP contribution in [0.3, 0.4) is 0 Å². The molecule has 1 saturated carbocycles. The molecule has 2 aliphatic rings. The van der Waals surface area contributed by atoms with Gasteiger partial charge in [0.05, 0.1) is 18.2 Å². The number of nitrogens with one attached hydrogen (secondary N) is 2. The minimum absolute atomic E-state index is 0.267. The van der Waals surface area contributed by atoms with E-state index in [0.717, 1.165) is 18.5 Å². The number of aromatic nitrogens is 7. The summed E-state index contributed by atoms with van der Waals surface area (Å²) in [5, 5.41) is 34.5. The van der Waals surface area contributed by atoms with Crippen LogP contribution in [0.1, 0.15) is 30.7 Å². The number of aliphatic hydroxyl groups excluding tert-OH is 2. The van der Waals surface area contributed by atoms with E-state index in [1.165, 1.54) is 22.6 Å². The van der Waals surface area contributed by atoms with E-state index in [0.29, 0.717) is 22.9 Å². The van der Waals surface area contributed by atoms with Gasteiger partial charge in [0.1, 0.15) is 12.2 Å². The number of carbonyl (C=O) groups excluding carboxylic acids is 1. The summed E-state index contributed by atoms with van der Waals surface area (Å²) >= 11 is 0. The molecular weight excluding hydrogens is 394 g/mol. The van der Waals surface area contributed by atoms with Gasteiger partial charge in [0.2, 0.25) is 0 Å². The van der Waals surface area contributed by atoms with Crippen molar-refractivity contribution in [1.82, 2.24) is 39.8 Å². The number of anilines is 1. The number of rotatable bonds is 5. The van der Waals surface area contributed by atoms with E-state index in [-0.39, 0.29) is 5.95 Å². The van der Waals surface area contributed by atoms with Gasteiger partial charge < -0.3 is 25.6 Å². The van der Waals surface area contributed by atoms with Gasteiger partial charge in [-0.3, -0.25) is 9.36 Å². The van der Waals surface area contributed by atoms with E-state index in [1.54, 1.807) is 13.2 Å². The molecule has 4 heterocycles. The second-order valence-corrected chi connectivity index (χ2v) is 7.35. The second-order valence-electron chi connectivity index (χ2n) is 7.35. The summed E-state index contributed by atoms with van der Waals surface area (Å²) in [6.07, 6.45) is 0.394. The Hall–Kier alpha value is -3.16. The molecule has 1 unspecified atom stereocenters. The first-order chi connectivity index (χ1) is 14.5. The highest BCUT2D eigenvalue weighted by atomic mass is 16.6. The normalized spacial score (nSPS) is 26.3. The van der Waals surface area contributed by atoms with Crippen molar-refractivity contribution in [2.45, 2.75) is 43.3 Å². The lowest BCUT2D eigenvalue weighted by Gasteiger charge is -2.16. The van der Waals surface area contributed by atoms with Crippen LogP contribution in [0.15, 0.2) is 12.5 Å². The molecule has 1 amide bonds. The van der Waals surface area contributed by atoms with Crippen molar-refractivity contribution in [3.05, 3.63) is 18.2 Å². The topological polar surface area (TPSA) is 165 Å². The average molecular weight is 415 g/mol. The SMILES string of the molecule is CNC(=O)[C@H]1OC(n2cnc3c(NC)nc(-n4cc(C5CC5)nn4)nc32)[C@H](O)[C@@H]1O. The van der Waals surface area contributed by atoms with Gasteiger partial charge in [-0.15, -0.1) is 5.10 Å². The Labute approximate surface area is 170 Å². The van der Waals surface area contributed by atoms with Gasteiger partial charge >= 0.3 is 0 Å². The van der Waals surface area contributed by atoms with Crippen molar-refractivity contribution in [3.8, 4) is 5.95 Å². The quantitative estimate of drug-likeness (QED) is 0.393. The van der Waals surface area contributed by atoms with Gasteiger partial charge in [-0.2, -0.15) is 14.6 Å². The minimum atomic E-state index is -1.39. The summed E-state index contributed by atoms with van der Waals surface area (Å²) in [7, 11) is 3.13. The van der Waals surface area contributed by atoms with Crippen LogP contribution < -0.4 is 10.6 Å². The molecule has 158 valence electrons. The third-order valence-electron chi connectivity index (χ3n) is 5.38. The van der Waals surface area contributed by atoms with Gasteiger partial charge in [0, 0.05) is 20.0 Å². The van der Waals surface area contributed by atoms with Crippen molar-refractivity contribution in [2.75, 3.05) is 19.4 Å². The number of aliphatic hydroxyl groups is 2. The van der Waals surface area contributed by atoms with Crippen LogP contribution in [0.4, 0.5) is 5.82 Å². The summed E-state index contributed by atoms with van der Waals surface area (Å²) < 4.78 is 8.60. The van der Waals surface area contributed by atoms with Crippen LogP contribution in [0.5, 0.6) is 0 Å². The number of likely N-dealkylation sites (N-methyl/N-ethyl adjacent to an activating group) is 1. The molecule has 0 spiro atoms. The number of hydrogen-bond donors (Lipinski definition) is 4. The fourth-order valence-corrected chi connectivity index (χ4v) is 3.56. The van der Waals surface area contributed by atoms with E-state index in [4.69, 9.17) is 4.74 Å². The molecule has 0 radical (unpaired) electrons. The summed E-state index contributed by atoms with van der Waals surface area (Å²) in [5.41, 5.74) is 1.68. The Morgan fingerprint density at radius 1 is 1.23 bits per heavy atom. The first-order valence-electron chi connectivity index (χ1n) is 9.60. The van der Waals surface area contributed by atoms with Crippen molar-refractivity contribution >= 4 is 22.9 Å². The van der Waals surface area contributed by atoms with Crippen LogP contribution >= 0.6 is 0 Å². The largest absolute Gasteiger partial charge is 0.387 e. The smallest absolute Gasteiger partial charge is 0.256 e. The Bertz CT molecular complexity index is 1110. The van der Waals surface area contributed by atoms with Gasteiger partial charge in [-0.25, -0.2) is 4.98 Å². The van der Waals surface area contributed by atoms with E-state index < -0.39 is 30.4 Å². The third-order valence-corrected chi connectivity index (χ3v) is 5.38. The van der Waals surface area contributed by atoms with Gasteiger partial charge in [-0.05, 0) is 12.8 Å². The van der Waals surface area contributed by atoms with Crippen molar-refractivity contribution in [3.63, 3.8) is 0 Å². The second kappa shape index (κ2) is 6.97. The number of carbonyl (C=O) groups is 1. The lowest BCUT2D eigenvalue weighted by Crippen LogP contribution is -2.41. The molecule has 1 saturated heterocycles.